The highest BCUT2D eigenvalue weighted by Crippen LogP contribution is 2.35. The van der Waals surface area contributed by atoms with Crippen molar-refractivity contribution >= 4 is 0 Å². The van der Waals surface area contributed by atoms with Gasteiger partial charge in [0.15, 0.2) is 0 Å². The van der Waals surface area contributed by atoms with Crippen LogP contribution in [0.2, 0.25) is 0 Å². The zero-order valence-corrected chi connectivity index (χ0v) is 25.8. The normalized spacial score (nSPS) is 11.3. The highest BCUT2D eigenvalue weighted by Gasteiger charge is 2.20. The van der Waals surface area contributed by atoms with Crippen molar-refractivity contribution in [1.29, 1.82) is 0 Å². The molecule has 222 valence electrons. The number of aryl methyl sites for hydroxylation is 6. The highest BCUT2D eigenvalue weighted by atomic mass is 16.4. The lowest BCUT2D eigenvalue weighted by Crippen LogP contribution is -1.87. The molecule has 3 heterocycles. The molecule has 7 aromatic rings. The van der Waals surface area contributed by atoms with Crippen molar-refractivity contribution in [3.63, 3.8) is 0 Å². The van der Waals surface area contributed by atoms with Gasteiger partial charge in [0.05, 0.1) is 0 Å². The Morgan fingerprint density at radius 2 is 0.533 bits per heavy atom. The molecule has 3 aromatic heterocycles. The molecule has 0 spiro atoms. The van der Waals surface area contributed by atoms with E-state index in [0.29, 0.717) is 52.0 Å². The van der Waals surface area contributed by atoms with Crippen LogP contribution in [0.1, 0.15) is 33.4 Å². The van der Waals surface area contributed by atoms with E-state index in [1.54, 1.807) is 0 Å². The molecule has 0 unspecified atom stereocenters. The van der Waals surface area contributed by atoms with Crippen LogP contribution >= 0.6 is 0 Å². The first-order chi connectivity index (χ1) is 21.7. The van der Waals surface area contributed by atoms with E-state index in [0.717, 1.165) is 33.4 Å². The van der Waals surface area contributed by atoms with E-state index in [1.807, 2.05) is 72.8 Å². The molecule has 0 saturated carbocycles. The van der Waals surface area contributed by atoms with Gasteiger partial charge in [0.1, 0.15) is 0 Å². The Morgan fingerprint density at radius 1 is 0.289 bits per heavy atom. The molecule has 9 heteroatoms. The van der Waals surface area contributed by atoms with E-state index in [4.69, 9.17) is 13.3 Å². The SMILES string of the molecule is Cc1ccc(-c2nnc(-c3cc(-c4nnc(-c5ccc(C)c(C)c5)o4)cc(-c4nnc(-c5ccc(C)c(C)c5)o4)c3)o2)cc1C. The third-order valence-corrected chi connectivity index (χ3v) is 8.21. The molecule has 0 fully saturated rings. The number of aromatic nitrogens is 6. The quantitative estimate of drug-likeness (QED) is 0.186. The van der Waals surface area contributed by atoms with Crippen LogP contribution in [0.5, 0.6) is 0 Å². The predicted molar refractivity (Wildman–Crippen MR) is 171 cm³/mol. The highest BCUT2D eigenvalue weighted by molar-refractivity contribution is 5.75. The van der Waals surface area contributed by atoms with E-state index in [1.165, 1.54) is 16.7 Å². The Morgan fingerprint density at radius 3 is 0.778 bits per heavy atom. The fourth-order valence-electron chi connectivity index (χ4n) is 4.99. The van der Waals surface area contributed by atoms with Crippen molar-refractivity contribution in [1.82, 2.24) is 30.6 Å². The van der Waals surface area contributed by atoms with Gasteiger partial charge in [-0.25, -0.2) is 0 Å². The van der Waals surface area contributed by atoms with E-state index in [9.17, 15) is 0 Å². The van der Waals surface area contributed by atoms with Crippen LogP contribution in [0, 0.1) is 41.5 Å². The van der Waals surface area contributed by atoms with Gasteiger partial charge < -0.3 is 13.3 Å². The zero-order valence-electron chi connectivity index (χ0n) is 25.8. The fourth-order valence-corrected chi connectivity index (χ4v) is 4.99. The molecular weight excluding hydrogens is 564 g/mol. The predicted octanol–water partition coefficient (Wildman–Crippen LogP) is 8.69. The molecule has 4 aromatic carbocycles. The van der Waals surface area contributed by atoms with Gasteiger partial charge in [-0.2, -0.15) is 0 Å². The van der Waals surface area contributed by atoms with Crippen molar-refractivity contribution in [3.8, 4) is 68.7 Å². The average Bonchev–Trinajstić information content (AvgIpc) is 3.83. The van der Waals surface area contributed by atoms with Crippen molar-refractivity contribution in [2.75, 3.05) is 0 Å². The van der Waals surface area contributed by atoms with Gasteiger partial charge in [0.25, 0.3) is 0 Å². The van der Waals surface area contributed by atoms with Gasteiger partial charge in [-0.05, 0) is 130 Å². The second-order valence-corrected chi connectivity index (χ2v) is 11.4. The maximum absolute atomic E-state index is 6.17. The van der Waals surface area contributed by atoms with Crippen molar-refractivity contribution in [2.24, 2.45) is 0 Å². The zero-order chi connectivity index (χ0) is 31.2. The Balaban J connectivity index is 1.32. The van der Waals surface area contributed by atoms with Gasteiger partial charge in [-0.1, -0.05) is 18.2 Å². The molecule has 0 bridgehead atoms. The number of hydrogen-bond acceptors (Lipinski definition) is 9. The summed E-state index contributed by atoms with van der Waals surface area (Å²) in [6.07, 6.45) is 0. The number of hydrogen-bond donors (Lipinski definition) is 0. The minimum Gasteiger partial charge on any atom is -0.416 e. The van der Waals surface area contributed by atoms with Crippen LogP contribution < -0.4 is 0 Å². The lowest BCUT2D eigenvalue weighted by Gasteiger charge is -2.04. The Kier molecular flexibility index (Phi) is 6.93. The fraction of sp³-hybridized carbons (Fsp3) is 0.167. The Labute approximate surface area is 260 Å². The monoisotopic (exact) mass is 594 g/mol. The van der Waals surface area contributed by atoms with Gasteiger partial charge in [-0.3, -0.25) is 0 Å². The molecule has 0 amide bonds. The lowest BCUT2D eigenvalue weighted by molar-refractivity contribution is 0.580. The first-order valence-electron chi connectivity index (χ1n) is 14.6. The molecule has 9 nitrogen and oxygen atoms in total. The summed E-state index contributed by atoms with van der Waals surface area (Å²) < 4.78 is 18.5. The van der Waals surface area contributed by atoms with Gasteiger partial charge in [-0.15, -0.1) is 30.6 Å². The largest absolute Gasteiger partial charge is 0.416 e. The smallest absolute Gasteiger partial charge is 0.248 e. The third-order valence-electron chi connectivity index (χ3n) is 8.21. The summed E-state index contributed by atoms with van der Waals surface area (Å²) in [6, 6.07) is 23.8. The summed E-state index contributed by atoms with van der Waals surface area (Å²) in [6.45, 7) is 12.4. The first kappa shape index (κ1) is 28.1. The maximum atomic E-state index is 6.17. The second-order valence-electron chi connectivity index (χ2n) is 11.4. The molecule has 0 aliphatic rings. The lowest BCUT2D eigenvalue weighted by atomic mass is 10.0. The topological polar surface area (TPSA) is 117 Å². The molecule has 45 heavy (non-hydrogen) atoms. The van der Waals surface area contributed by atoms with Crippen LogP contribution in [-0.2, 0) is 0 Å². The number of benzene rings is 4. The summed E-state index contributed by atoms with van der Waals surface area (Å²) in [5.74, 6) is 2.25. The van der Waals surface area contributed by atoms with Gasteiger partial charge in [0, 0.05) is 33.4 Å². The third kappa shape index (κ3) is 5.44. The summed E-state index contributed by atoms with van der Waals surface area (Å²) in [7, 11) is 0. The minimum atomic E-state index is 0.328. The van der Waals surface area contributed by atoms with E-state index in [2.05, 4.69) is 72.1 Å². The average molecular weight is 595 g/mol. The first-order valence-corrected chi connectivity index (χ1v) is 14.6. The molecule has 0 saturated heterocycles. The minimum absolute atomic E-state index is 0.328. The molecule has 0 N–H and O–H groups in total. The van der Waals surface area contributed by atoms with Crippen molar-refractivity contribution in [2.45, 2.75) is 41.5 Å². The Hall–Kier alpha value is -5.70. The van der Waals surface area contributed by atoms with E-state index >= 15 is 0 Å². The van der Waals surface area contributed by atoms with Crippen LogP contribution in [-0.4, -0.2) is 30.6 Å². The molecule has 0 radical (unpaired) electrons. The summed E-state index contributed by atoms with van der Waals surface area (Å²) in [5.41, 5.74) is 11.5. The number of rotatable bonds is 6. The standard InChI is InChI=1S/C36H30N6O3/c1-19-7-10-25(13-22(19)4)31-37-40-34(43-31)28-16-29(35-41-38-32(44-35)26-11-8-20(2)23(5)14-26)18-30(17-28)36-42-39-33(45-36)27-12-9-21(3)24(6)15-27/h7-18H,1-6H3. The van der Waals surface area contributed by atoms with Crippen molar-refractivity contribution < 1.29 is 13.3 Å². The number of nitrogens with zero attached hydrogens (tertiary/aromatic N) is 6. The van der Waals surface area contributed by atoms with Crippen LogP contribution in [0.25, 0.3) is 68.7 Å². The van der Waals surface area contributed by atoms with Gasteiger partial charge >= 0.3 is 0 Å². The van der Waals surface area contributed by atoms with Crippen molar-refractivity contribution in [3.05, 3.63) is 106 Å². The van der Waals surface area contributed by atoms with Crippen LogP contribution in [0.15, 0.2) is 86.0 Å². The second kappa shape index (κ2) is 11.1. The van der Waals surface area contributed by atoms with Crippen LogP contribution in [0.4, 0.5) is 0 Å². The van der Waals surface area contributed by atoms with E-state index < -0.39 is 0 Å². The summed E-state index contributed by atoms with van der Waals surface area (Å²) >= 11 is 0. The molecule has 7 rings (SSSR count). The summed E-state index contributed by atoms with van der Waals surface area (Å²) in [5, 5.41) is 26.1. The Bertz CT molecular complexity index is 1950. The molecule has 0 aliphatic carbocycles. The van der Waals surface area contributed by atoms with E-state index in [-0.39, 0.29) is 0 Å². The van der Waals surface area contributed by atoms with Gasteiger partial charge in [0.2, 0.25) is 35.3 Å². The molecule has 0 atom stereocenters. The molecule has 0 aliphatic heterocycles. The summed E-state index contributed by atoms with van der Waals surface area (Å²) in [4.78, 5) is 0. The maximum Gasteiger partial charge on any atom is 0.248 e. The molecular formula is C36H30N6O3. The van der Waals surface area contributed by atoms with Crippen LogP contribution in [0.3, 0.4) is 0 Å².